The third-order valence-electron chi connectivity index (χ3n) is 4.56. The number of fused-ring (bicyclic) bond motifs is 2. The predicted octanol–water partition coefficient (Wildman–Crippen LogP) is 3.54. The Labute approximate surface area is 159 Å². The van der Waals surface area contributed by atoms with E-state index >= 15 is 0 Å². The molecule has 0 radical (unpaired) electrons. The zero-order chi connectivity index (χ0) is 19.1. The lowest BCUT2D eigenvalue weighted by atomic mass is 10.1. The summed E-state index contributed by atoms with van der Waals surface area (Å²) in [6.07, 6.45) is 0.0271. The zero-order valence-corrected chi connectivity index (χ0v) is 15.7. The minimum atomic E-state index is -0.349. The van der Waals surface area contributed by atoms with Crippen molar-refractivity contribution in [2.24, 2.45) is 0 Å². The monoisotopic (exact) mass is 379 g/mol. The Kier molecular flexibility index (Phi) is 4.24. The third kappa shape index (κ3) is 3.10. The van der Waals surface area contributed by atoms with Crippen LogP contribution in [0.15, 0.2) is 36.4 Å². The van der Waals surface area contributed by atoms with Crippen LogP contribution < -0.4 is 5.32 Å². The van der Waals surface area contributed by atoms with Gasteiger partial charge in [0.2, 0.25) is 5.91 Å². The van der Waals surface area contributed by atoms with Gasteiger partial charge in [-0.2, -0.15) is 0 Å². The summed E-state index contributed by atoms with van der Waals surface area (Å²) < 4.78 is 1.00. The van der Waals surface area contributed by atoms with E-state index in [0.29, 0.717) is 16.3 Å². The van der Waals surface area contributed by atoms with E-state index < -0.39 is 0 Å². The number of aryl methyl sites for hydroxylation is 2. The lowest BCUT2D eigenvalue weighted by Gasteiger charge is -2.12. The van der Waals surface area contributed by atoms with E-state index in [1.165, 1.54) is 11.3 Å². The highest BCUT2D eigenvalue weighted by molar-refractivity contribution is 7.22. The molecule has 0 aliphatic carbocycles. The Morgan fingerprint density at radius 2 is 1.89 bits per heavy atom. The number of nitrogens with zero attached hydrogens (tertiary/aromatic N) is 2. The molecule has 3 aromatic rings. The number of carbonyl (C=O) groups excluding carboxylic acids is 3. The lowest BCUT2D eigenvalue weighted by Crippen LogP contribution is -2.32. The number of nitrogens with one attached hydrogen (secondary N) is 1. The summed E-state index contributed by atoms with van der Waals surface area (Å²) in [5.74, 6) is -0.972. The van der Waals surface area contributed by atoms with Crippen molar-refractivity contribution in [3.8, 4) is 0 Å². The molecular formula is C20H17N3O3S. The van der Waals surface area contributed by atoms with Gasteiger partial charge < -0.3 is 5.32 Å². The largest absolute Gasteiger partial charge is 0.302 e. The number of rotatable bonds is 4. The number of amides is 3. The summed E-state index contributed by atoms with van der Waals surface area (Å²) >= 11 is 1.40. The zero-order valence-electron chi connectivity index (χ0n) is 14.9. The van der Waals surface area contributed by atoms with Gasteiger partial charge in [0.25, 0.3) is 11.8 Å². The van der Waals surface area contributed by atoms with E-state index in [1.54, 1.807) is 18.2 Å². The number of thiazole rings is 1. The van der Waals surface area contributed by atoms with Gasteiger partial charge in [0.05, 0.1) is 21.3 Å². The van der Waals surface area contributed by atoms with E-state index in [0.717, 1.165) is 26.2 Å². The molecular weight excluding hydrogens is 362 g/mol. The first-order chi connectivity index (χ1) is 12.9. The maximum absolute atomic E-state index is 12.4. The Balaban J connectivity index is 1.43. The van der Waals surface area contributed by atoms with E-state index in [1.807, 2.05) is 32.0 Å². The highest BCUT2D eigenvalue weighted by Crippen LogP contribution is 2.28. The summed E-state index contributed by atoms with van der Waals surface area (Å²) in [4.78, 5) is 42.7. The number of para-hydroxylation sites is 1. The molecule has 1 aliphatic heterocycles. The van der Waals surface area contributed by atoms with Crippen LogP contribution in [0.25, 0.3) is 10.2 Å². The molecule has 1 N–H and O–H groups in total. The Hall–Kier alpha value is -3.06. The number of hydrogen-bond acceptors (Lipinski definition) is 5. The van der Waals surface area contributed by atoms with Crippen molar-refractivity contribution in [2.45, 2.75) is 20.3 Å². The van der Waals surface area contributed by atoms with Crippen molar-refractivity contribution < 1.29 is 14.4 Å². The molecule has 2 aromatic carbocycles. The van der Waals surface area contributed by atoms with Crippen LogP contribution in [0.2, 0.25) is 0 Å². The smallest absolute Gasteiger partial charge is 0.261 e. The highest BCUT2D eigenvalue weighted by Gasteiger charge is 2.35. The average molecular weight is 379 g/mol. The van der Waals surface area contributed by atoms with Gasteiger partial charge in [0.1, 0.15) is 0 Å². The number of carbonyl (C=O) groups is 3. The minimum Gasteiger partial charge on any atom is -0.302 e. The van der Waals surface area contributed by atoms with Crippen LogP contribution in [0.4, 0.5) is 5.13 Å². The molecule has 1 aliphatic rings. The highest BCUT2D eigenvalue weighted by atomic mass is 32.1. The summed E-state index contributed by atoms with van der Waals surface area (Å²) in [5, 5.41) is 3.28. The van der Waals surface area contributed by atoms with Crippen LogP contribution in [0.5, 0.6) is 0 Å². The Bertz CT molecular complexity index is 1100. The van der Waals surface area contributed by atoms with Crippen molar-refractivity contribution in [1.82, 2.24) is 9.88 Å². The molecule has 0 bridgehead atoms. The first kappa shape index (κ1) is 17.4. The molecule has 3 amide bonds. The molecule has 0 saturated carbocycles. The number of imide groups is 1. The van der Waals surface area contributed by atoms with Crippen LogP contribution in [0.3, 0.4) is 0 Å². The fourth-order valence-electron chi connectivity index (χ4n) is 3.14. The third-order valence-corrected chi connectivity index (χ3v) is 5.49. The van der Waals surface area contributed by atoms with E-state index in [2.05, 4.69) is 10.3 Å². The van der Waals surface area contributed by atoms with Crippen LogP contribution in [-0.2, 0) is 4.79 Å². The summed E-state index contributed by atoms with van der Waals surface area (Å²) in [6.45, 7) is 3.88. The average Bonchev–Trinajstić information content (AvgIpc) is 3.14. The normalized spacial score (nSPS) is 13.3. The molecule has 4 rings (SSSR count). The molecule has 7 heteroatoms. The van der Waals surface area contributed by atoms with Gasteiger partial charge in [-0.1, -0.05) is 35.1 Å². The molecule has 0 saturated heterocycles. The minimum absolute atomic E-state index is 0.0271. The second-order valence-corrected chi connectivity index (χ2v) is 7.58. The summed E-state index contributed by atoms with van der Waals surface area (Å²) in [7, 11) is 0. The van der Waals surface area contributed by atoms with Crippen LogP contribution >= 0.6 is 11.3 Å². The SMILES string of the molecule is Cc1ccc2c(c1)C(=O)N(CCC(=O)Nc1nc3c(C)cccc3s1)C2=O. The molecule has 6 nitrogen and oxygen atoms in total. The van der Waals surface area contributed by atoms with E-state index in [4.69, 9.17) is 0 Å². The number of aromatic nitrogens is 1. The molecule has 2 heterocycles. The molecule has 1 aromatic heterocycles. The Morgan fingerprint density at radius 1 is 1.11 bits per heavy atom. The van der Waals surface area contributed by atoms with Gasteiger partial charge in [0.15, 0.2) is 5.13 Å². The topological polar surface area (TPSA) is 79.4 Å². The Morgan fingerprint density at radius 3 is 2.67 bits per heavy atom. The maximum atomic E-state index is 12.4. The van der Waals surface area contributed by atoms with Gasteiger partial charge in [-0.05, 0) is 37.6 Å². The number of benzene rings is 2. The summed E-state index contributed by atoms with van der Waals surface area (Å²) in [6, 6.07) is 11.0. The molecule has 0 atom stereocenters. The quantitative estimate of drug-likeness (QED) is 0.703. The first-order valence-corrected chi connectivity index (χ1v) is 9.38. The van der Waals surface area contributed by atoms with Crippen LogP contribution in [0, 0.1) is 13.8 Å². The van der Waals surface area contributed by atoms with E-state index in [9.17, 15) is 14.4 Å². The second-order valence-electron chi connectivity index (χ2n) is 6.55. The van der Waals surface area contributed by atoms with Crippen molar-refractivity contribution >= 4 is 44.4 Å². The molecule has 0 spiro atoms. The van der Waals surface area contributed by atoms with Crippen molar-refractivity contribution in [1.29, 1.82) is 0 Å². The van der Waals surface area contributed by atoms with Gasteiger partial charge in [-0.25, -0.2) is 4.98 Å². The fraction of sp³-hybridized carbons (Fsp3) is 0.200. The van der Waals surface area contributed by atoms with Crippen molar-refractivity contribution in [3.63, 3.8) is 0 Å². The van der Waals surface area contributed by atoms with Gasteiger partial charge in [0, 0.05) is 13.0 Å². The van der Waals surface area contributed by atoms with Gasteiger partial charge in [-0.15, -0.1) is 0 Å². The van der Waals surface area contributed by atoms with Crippen LogP contribution in [0.1, 0.15) is 38.3 Å². The standard InChI is InChI=1S/C20H17N3O3S/c1-11-6-7-13-14(10-11)19(26)23(18(13)25)9-8-16(24)21-20-22-17-12(2)4-3-5-15(17)27-20/h3-7,10H,8-9H2,1-2H3,(H,21,22,24). The van der Waals surface area contributed by atoms with Gasteiger partial charge >= 0.3 is 0 Å². The maximum Gasteiger partial charge on any atom is 0.261 e. The van der Waals surface area contributed by atoms with Crippen molar-refractivity contribution in [3.05, 3.63) is 58.7 Å². The molecule has 0 unspecified atom stereocenters. The molecule has 0 fully saturated rings. The van der Waals surface area contributed by atoms with Crippen LogP contribution in [-0.4, -0.2) is 34.2 Å². The molecule has 136 valence electrons. The lowest BCUT2D eigenvalue weighted by molar-refractivity contribution is -0.116. The summed E-state index contributed by atoms with van der Waals surface area (Å²) in [5.41, 5.74) is 3.63. The van der Waals surface area contributed by atoms with E-state index in [-0.39, 0.29) is 30.7 Å². The van der Waals surface area contributed by atoms with Crippen molar-refractivity contribution in [2.75, 3.05) is 11.9 Å². The van der Waals surface area contributed by atoms with Gasteiger partial charge in [-0.3, -0.25) is 19.3 Å². The molecule has 27 heavy (non-hydrogen) atoms. The first-order valence-electron chi connectivity index (χ1n) is 8.57. The number of anilines is 1. The second kappa shape index (κ2) is 6.59. The fourth-order valence-corrected chi connectivity index (χ4v) is 4.10. The number of hydrogen-bond donors (Lipinski definition) is 1. The predicted molar refractivity (Wildman–Crippen MR) is 104 cm³/mol.